The Morgan fingerprint density at radius 2 is 1.93 bits per heavy atom. The lowest BCUT2D eigenvalue weighted by Gasteiger charge is -2.33. The number of likely N-dealkylation sites (N-methyl/N-ethyl adjacent to an activating group) is 1. The van der Waals surface area contributed by atoms with Crippen molar-refractivity contribution in [3.63, 3.8) is 0 Å². The fourth-order valence-electron chi connectivity index (χ4n) is 7.86. The number of benzene rings is 1. The van der Waals surface area contributed by atoms with Gasteiger partial charge in [-0.2, -0.15) is 10.2 Å². The van der Waals surface area contributed by atoms with Crippen molar-refractivity contribution in [3.8, 4) is 23.5 Å². The minimum Gasteiger partial charge on any atom is -0.473 e. The van der Waals surface area contributed by atoms with Gasteiger partial charge in [-0.1, -0.05) is 11.2 Å². The standard InChI is InChI=1S/C32H37F2N7O2/c1-19(24-6-4-14-40(24)2)42-26-17-25(41-15-12-32(33,34)13-16-41)37-30(38-26)28-21-5-3-10-31(29(21)43-39-28)11-9-20-7-8-23(36)22(18-35)27(20)31/h7-8,17,19,24H,3-6,9-16,36H2,1-2H3. The lowest BCUT2D eigenvalue weighted by molar-refractivity contribution is -0.0221. The van der Waals surface area contributed by atoms with Gasteiger partial charge in [-0.25, -0.2) is 13.8 Å². The van der Waals surface area contributed by atoms with E-state index in [1.165, 1.54) is 0 Å². The second-order valence-corrected chi connectivity index (χ2v) is 12.7. The number of fused-ring (bicyclic) bond motifs is 4. The Labute approximate surface area is 250 Å². The average molecular weight is 590 g/mol. The molecule has 11 heteroatoms. The molecule has 2 fully saturated rings. The molecule has 3 unspecified atom stereocenters. The van der Waals surface area contributed by atoms with Crippen LogP contribution in [0.1, 0.15) is 79.9 Å². The molecule has 2 aliphatic heterocycles. The van der Waals surface area contributed by atoms with Crippen molar-refractivity contribution >= 4 is 11.5 Å². The Morgan fingerprint density at radius 1 is 1.12 bits per heavy atom. The summed E-state index contributed by atoms with van der Waals surface area (Å²) in [4.78, 5) is 13.9. The summed E-state index contributed by atoms with van der Waals surface area (Å²) in [5.41, 5.74) is 10.3. The summed E-state index contributed by atoms with van der Waals surface area (Å²) in [5.74, 6) is -0.598. The predicted octanol–water partition coefficient (Wildman–Crippen LogP) is 5.25. The van der Waals surface area contributed by atoms with E-state index >= 15 is 0 Å². The molecule has 4 heterocycles. The van der Waals surface area contributed by atoms with Gasteiger partial charge in [0.1, 0.15) is 18.0 Å². The fraction of sp³-hybridized carbons (Fsp3) is 0.562. The van der Waals surface area contributed by atoms with Gasteiger partial charge in [-0.05, 0) is 82.7 Å². The summed E-state index contributed by atoms with van der Waals surface area (Å²) < 4.78 is 40.7. The number of nitrogens with two attached hydrogens (primary N) is 1. The van der Waals surface area contributed by atoms with Crippen molar-refractivity contribution in [1.29, 1.82) is 5.26 Å². The number of likely N-dealkylation sites (tertiary alicyclic amines) is 1. The Kier molecular flexibility index (Phi) is 6.80. The average Bonchev–Trinajstić information content (AvgIpc) is 3.71. The Morgan fingerprint density at radius 3 is 2.67 bits per heavy atom. The summed E-state index contributed by atoms with van der Waals surface area (Å²) in [5, 5.41) is 14.6. The van der Waals surface area contributed by atoms with Gasteiger partial charge in [0.05, 0.1) is 11.0 Å². The number of hydrogen-bond donors (Lipinski definition) is 1. The van der Waals surface area contributed by atoms with Crippen molar-refractivity contribution in [2.24, 2.45) is 0 Å². The number of nitrogen functional groups attached to an aromatic ring is 1. The van der Waals surface area contributed by atoms with E-state index in [4.69, 9.17) is 25.0 Å². The molecule has 1 aromatic carbocycles. The van der Waals surface area contributed by atoms with E-state index in [2.05, 4.69) is 23.2 Å². The molecule has 0 bridgehead atoms. The van der Waals surface area contributed by atoms with Crippen LogP contribution in [0.25, 0.3) is 11.5 Å². The van der Waals surface area contributed by atoms with Gasteiger partial charge < -0.3 is 19.9 Å². The van der Waals surface area contributed by atoms with Crippen LogP contribution in [0.15, 0.2) is 22.7 Å². The lowest BCUT2D eigenvalue weighted by Crippen LogP contribution is -2.40. The predicted molar refractivity (Wildman–Crippen MR) is 157 cm³/mol. The minimum absolute atomic E-state index is 0.117. The highest BCUT2D eigenvalue weighted by Crippen LogP contribution is 2.54. The molecule has 1 spiro atoms. The maximum atomic E-state index is 14.0. The van der Waals surface area contributed by atoms with Crippen LogP contribution < -0.4 is 15.4 Å². The molecule has 2 N–H and O–H groups in total. The zero-order valence-corrected chi connectivity index (χ0v) is 24.7. The maximum absolute atomic E-state index is 14.0. The van der Waals surface area contributed by atoms with Crippen LogP contribution in [0.3, 0.4) is 0 Å². The van der Waals surface area contributed by atoms with Crippen molar-refractivity contribution in [1.82, 2.24) is 20.0 Å². The van der Waals surface area contributed by atoms with Crippen molar-refractivity contribution in [3.05, 3.63) is 46.2 Å². The van der Waals surface area contributed by atoms with Crippen LogP contribution >= 0.6 is 0 Å². The summed E-state index contributed by atoms with van der Waals surface area (Å²) in [6.45, 7) is 3.46. The maximum Gasteiger partial charge on any atom is 0.251 e. The highest BCUT2D eigenvalue weighted by Gasteiger charge is 2.49. The van der Waals surface area contributed by atoms with Crippen LogP contribution in [-0.2, 0) is 18.3 Å². The van der Waals surface area contributed by atoms with Crippen molar-refractivity contribution in [2.75, 3.05) is 37.3 Å². The topological polar surface area (TPSA) is 117 Å². The number of aryl methyl sites for hydroxylation is 1. The van der Waals surface area contributed by atoms with Crippen molar-refractivity contribution in [2.45, 2.75) is 88.2 Å². The molecule has 0 amide bonds. The first-order valence-electron chi connectivity index (χ1n) is 15.4. The first kappa shape index (κ1) is 28.0. The molecule has 9 nitrogen and oxygen atoms in total. The van der Waals surface area contributed by atoms with Crippen LogP contribution in [0, 0.1) is 11.3 Å². The van der Waals surface area contributed by atoms with Gasteiger partial charge in [0.25, 0.3) is 5.92 Å². The largest absolute Gasteiger partial charge is 0.473 e. The molecule has 226 valence electrons. The lowest BCUT2D eigenvalue weighted by atomic mass is 9.68. The molecule has 3 aromatic rings. The molecule has 0 radical (unpaired) electrons. The van der Waals surface area contributed by atoms with Crippen LogP contribution in [0.2, 0.25) is 0 Å². The number of halogens is 2. The zero-order valence-electron chi connectivity index (χ0n) is 24.7. The van der Waals surface area contributed by atoms with E-state index < -0.39 is 11.3 Å². The van der Waals surface area contributed by atoms with E-state index in [9.17, 15) is 14.0 Å². The fourth-order valence-corrected chi connectivity index (χ4v) is 7.86. The molecule has 7 rings (SSSR count). The molecule has 3 atom stereocenters. The van der Waals surface area contributed by atoms with Gasteiger partial charge >= 0.3 is 0 Å². The van der Waals surface area contributed by atoms with Crippen LogP contribution in [0.5, 0.6) is 5.88 Å². The van der Waals surface area contributed by atoms with E-state index in [0.29, 0.717) is 34.5 Å². The molecule has 4 aliphatic rings. The van der Waals surface area contributed by atoms with Gasteiger partial charge in [-0.3, -0.25) is 4.90 Å². The third kappa shape index (κ3) is 4.71. The summed E-state index contributed by atoms with van der Waals surface area (Å²) in [6.07, 6.45) is 5.69. The first-order chi connectivity index (χ1) is 20.7. The first-order valence-corrected chi connectivity index (χ1v) is 15.4. The number of ether oxygens (including phenoxy) is 1. The Balaban J connectivity index is 1.30. The third-order valence-corrected chi connectivity index (χ3v) is 10.1. The van der Waals surface area contributed by atoms with E-state index in [1.807, 2.05) is 24.0 Å². The molecule has 2 aliphatic carbocycles. The van der Waals surface area contributed by atoms with E-state index in [1.54, 1.807) is 6.07 Å². The number of rotatable bonds is 5. The highest BCUT2D eigenvalue weighted by molar-refractivity contribution is 5.68. The van der Waals surface area contributed by atoms with Gasteiger partial charge in [0.2, 0.25) is 5.88 Å². The van der Waals surface area contributed by atoms with Crippen molar-refractivity contribution < 1.29 is 18.0 Å². The number of nitrogens with zero attached hydrogens (tertiary/aromatic N) is 6. The van der Waals surface area contributed by atoms with E-state index in [-0.39, 0.29) is 38.1 Å². The molecule has 0 saturated carbocycles. The normalized spacial score (nSPS) is 25.4. The number of hydrogen-bond acceptors (Lipinski definition) is 9. The quantitative estimate of drug-likeness (QED) is 0.398. The van der Waals surface area contributed by atoms with Crippen LogP contribution in [0.4, 0.5) is 20.3 Å². The zero-order chi connectivity index (χ0) is 29.9. The van der Waals surface area contributed by atoms with E-state index in [0.717, 1.165) is 73.9 Å². The molecular weight excluding hydrogens is 552 g/mol. The minimum atomic E-state index is -2.67. The van der Waals surface area contributed by atoms with Gasteiger partial charge in [0, 0.05) is 49.3 Å². The summed E-state index contributed by atoms with van der Waals surface area (Å²) in [6, 6.07) is 8.21. The monoisotopic (exact) mass is 589 g/mol. The smallest absolute Gasteiger partial charge is 0.251 e. The second kappa shape index (κ2) is 10.4. The second-order valence-electron chi connectivity index (χ2n) is 12.7. The summed E-state index contributed by atoms with van der Waals surface area (Å²) in [7, 11) is 2.10. The SMILES string of the molecule is CC(Oc1cc(N2CCC(F)(F)CC2)nc(-c2noc3c2CCCC32CCc3ccc(N)c(C#N)c32)n1)C1CCCN1C. The summed E-state index contributed by atoms with van der Waals surface area (Å²) >= 11 is 0. The van der Waals surface area contributed by atoms with Crippen LogP contribution in [-0.4, -0.2) is 64.8 Å². The number of aromatic nitrogens is 3. The molecule has 2 saturated heterocycles. The molecule has 2 aromatic heterocycles. The van der Waals surface area contributed by atoms with Gasteiger partial charge in [0.15, 0.2) is 17.3 Å². The number of piperidine rings is 1. The molecular formula is C32H37F2N7O2. The number of alkyl halides is 2. The number of anilines is 2. The number of nitriles is 1. The third-order valence-electron chi connectivity index (χ3n) is 10.1. The van der Waals surface area contributed by atoms with Gasteiger partial charge in [-0.15, -0.1) is 0 Å². The highest BCUT2D eigenvalue weighted by atomic mass is 19.3. The molecule has 43 heavy (non-hydrogen) atoms. The Hall–Kier alpha value is -3.78. The Bertz CT molecular complexity index is 1590.